The second kappa shape index (κ2) is 6.15. The molecule has 0 aliphatic rings. The second-order valence-corrected chi connectivity index (χ2v) is 5.60. The van der Waals surface area contributed by atoms with Crippen LogP contribution in [0.15, 0.2) is 60.8 Å². The molecule has 2 heteroatoms. The molecule has 1 aromatic heterocycles. The van der Waals surface area contributed by atoms with Crippen molar-refractivity contribution in [1.82, 2.24) is 9.88 Å². The molecule has 3 rings (SSSR count). The molecule has 0 spiro atoms. The summed E-state index contributed by atoms with van der Waals surface area (Å²) >= 11 is 0. The minimum absolute atomic E-state index is 0.443. The van der Waals surface area contributed by atoms with E-state index in [1.54, 1.807) is 0 Å². The van der Waals surface area contributed by atoms with E-state index in [1.165, 1.54) is 22.0 Å². The van der Waals surface area contributed by atoms with Gasteiger partial charge in [0.25, 0.3) is 0 Å². The SMILES string of the molecule is CNCCC(c1ccccc1)c1ccc2ccn(C)c2c1. The summed E-state index contributed by atoms with van der Waals surface area (Å²) in [5, 5.41) is 4.58. The summed E-state index contributed by atoms with van der Waals surface area (Å²) in [6, 6.07) is 19.8. The zero-order chi connectivity index (χ0) is 14.7. The van der Waals surface area contributed by atoms with Gasteiger partial charge in [-0.05, 0) is 48.7 Å². The van der Waals surface area contributed by atoms with Crippen LogP contribution in [-0.4, -0.2) is 18.2 Å². The minimum atomic E-state index is 0.443. The van der Waals surface area contributed by atoms with Gasteiger partial charge in [-0.3, -0.25) is 0 Å². The molecular weight excluding hydrogens is 256 g/mol. The van der Waals surface area contributed by atoms with Crippen molar-refractivity contribution in [1.29, 1.82) is 0 Å². The fourth-order valence-corrected chi connectivity index (χ4v) is 3.00. The zero-order valence-corrected chi connectivity index (χ0v) is 12.7. The lowest BCUT2D eigenvalue weighted by Crippen LogP contribution is -2.13. The smallest absolute Gasteiger partial charge is 0.0480 e. The lowest BCUT2D eigenvalue weighted by atomic mass is 9.88. The topological polar surface area (TPSA) is 17.0 Å². The van der Waals surface area contributed by atoms with Crippen molar-refractivity contribution in [2.45, 2.75) is 12.3 Å². The average Bonchev–Trinajstić information content (AvgIpc) is 2.90. The van der Waals surface area contributed by atoms with Crippen molar-refractivity contribution < 1.29 is 0 Å². The fraction of sp³-hybridized carbons (Fsp3) is 0.263. The minimum Gasteiger partial charge on any atom is -0.351 e. The molecule has 3 aromatic rings. The van der Waals surface area contributed by atoms with Gasteiger partial charge in [0.15, 0.2) is 0 Å². The molecule has 0 fully saturated rings. The second-order valence-electron chi connectivity index (χ2n) is 5.60. The molecule has 1 atom stereocenters. The van der Waals surface area contributed by atoms with Gasteiger partial charge in [-0.2, -0.15) is 0 Å². The van der Waals surface area contributed by atoms with Crippen LogP contribution in [0.3, 0.4) is 0 Å². The predicted octanol–water partition coefficient (Wildman–Crippen LogP) is 3.92. The average molecular weight is 278 g/mol. The van der Waals surface area contributed by atoms with Crippen LogP contribution in [0.4, 0.5) is 0 Å². The van der Waals surface area contributed by atoms with E-state index in [0.717, 1.165) is 13.0 Å². The Morgan fingerprint density at radius 1 is 1.00 bits per heavy atom. The summed E-state index contributed by atoms with van der Waals surface area (Å²) in [6.07, 6.45) is 3.23. The van der Waals surface area contributed by atoms with Gasteiger partial charge < -0.3 is 9.88 Å². The summed E-state index contributed by atoms with van der Waals surface area (Å²) in [5.74, 6) is 0.443. The number of nitrogens with zero attached hydrogens (tertiary/aromatic N) is 1. The molecule has 21 heavy (non-hydrogen) atoms. The number of hydrogen-bond acceptors (Lipinski definition) is 1. The zero-order valence-electron chi connectivity index (χ0n) is 12.7. The van der Waals surface area contributed by atoms with Gasteiger partial charge in [0.2, 0.25) is 0 Å². The van der Waals surface area contributed by atoms with E-state index >= 15 is 0 Å². The molecule has 0 aliphatic heterocycles. The van der Waals surface area contributed by atoms with Gasteiger partial charge in [-0.25, -0.2) is 0 Å². The first-order valence-corrected chi connectivity index (χ1v) is 7.54. The van der Waals surface area contributed by atoms with Gasteiger partial charge in [-0.1, -0.05) is 42.5 Å². The first-order valence-electron chi connectivity index (χ1n) is 7.54. The molecule has 108 valence electrons. The molecule has 0 saturated heterocycles. The van der Waals surface area contributed by atoms with Gasteiger partial charge >= 0.3 is 0 Å². The third-order valence-electron chi connectivity index (χ3n) is 4.20. The number of aryl methyl sites for hydroxylation is 1. The summed E-state index contributed by atoms with van der Waals surface area (Å²) in [7, 11) is 4.12. The van der Waals surface area contributed by atoms with Crippen LogP contribution < -0.4 is 5.32 Å². The molecule has 2 nitrogen and oxygen atoms in total. The van der Waals surface area contributed by atoms with Crippen LogP contribution in [0.5, 0.6) is 0 Å². The van der Waals surface area contributed by atoms with E-state index in [0.29, 0.717) is 5.92 Å². The Kier molecular flexibility index (Phi) is 4.07. The number of aromatic nitrogens is 1. The highest BCUT2D eigenvalue weighted by Crippen LogP contribution is 2.30. The highest BCUT2D eigenvalue weighted by Gasteiger charge is 2.14. The Bertz CT molecular complexity index is 713. The van der Waals surface area contributed by atoms with Crippen molar-refractivity contribution in [2.24, 2.45) is 7.05 Å². The molecule has 0 saturated carbocycles. The Morgan fingerprint density at radius 3 is 2.57 bits per heavy atom. The Hall–Kier alpha value is -2.06. The van der Waals surface area contributed by atoms with Crippen molar-refractivity contribution in [3.8, 4) is 0 Å². The standard InChI is InChI=1S/C19H22N2/c1-20-12-10-18(15-6-4-3-5-7-15)17-9-8-16-11-13-21(2)19(16)14-17/h3-9,11,13-14,18,20H,10,12H2,1-2H3. The Labute approximate surface area is 126 Å². The summed E-state index contributed by atoms with van der Waals surface area (Å²) < 4.78 is 2.19. The highest BCUT2D eigenvalue weighted by atomic mass is 14.9. The highest BCUT2D eigenvalue weighted by molar-refractivity contribution is 5.81. The largest absolute Gasteiger partial charge is 0.351 e. The van der Waals surface area contributed by atoms with E-state index in [4.69, 9.17) is 0 Å². The van der Waals surface area contributed by atoms with E-state index < -0.39 is 0 Å². The molecular formula is C19H22N2. The van der Waals surface area contributed by atoms with Crippen molar-refractivity contribution in [3.63, 3.8) is 0 Å². The predicted molar refractivity (Wildman–Crippen MR) is 89.7 cm³/mol. The number of rotatable bonds is 5. The van der Waals surface area contributed by atoms with E-state index in [9.17, 15) is 0 Å². The lowest BCUT2D eigenvalue weighted by Gasteiger charge is -2.18. The van der Waals surface area contributed by atoms with Crippen molar-refractivity contribution in [2.75, 3.05) is 13.6 Å². The summed E-state index contributed by atoms with van der Waals surface area (Å²) in [4.78, 5) is 0. The third kappa shape index (κ3) is 2.86. The molecule has 1 unspecified atom stereocenters. The van der Waals surface area contributed by atoms with Gasteiger partial charge in [0.05, 0.1) is 0 Å². The van der Waals surface area contributed by atoms with Crippen molar-refractivity contribution in [3.05, 3.63) is 71.9 Å². The van der Waals surface area contributed by atoms with Crippen LogP contribution in [0.1, 0.15) is 23.5 Å². The number of benzene rings is 2. The van der Waals surface area contributed by atoms with Crippen LogP contribution in [0.2, 0.25) is 0 Å². The first kappa shape index (κ1) is 13.9. The van der Waals surface area contributed by atoms with Crippen LogP contribution >= 0.6 is 0 Å². The van der Waals surface area contributed by atoms with Crippen LogP contribution in [0, 0.1) is 0 Å². The van der Waals surface area contributed by atoms with Gasteiger partial charge in [0, 0.05) is 24.7 Å². The number of hydrogen-bond donors (Lipinski definition) is 1. The third-order valence-corrected chi connectivity index (χ3v) is 4.20. The van der Waals surface area contributed by atoms with Gasteiger partial charge in [-0.15, -0.1) is 0 Å². The van der Waals surface area contributed by atoms with Crippen LogP contribution in [-0.2, 0) is 7.05 Å². The molecule has 0 radical (unpaired) electrons. The monoisotopic (exact) mass is 278 g/mol. The summed E-state index contributed by atoms with van der Waals surface area (Å²) in [5.41, 5.74) is 4.09. The molecule has 1 heterocycles. The maximum atomic E-state index is 3.28. The summed E-state index contributed by atoms with van der Waals surface area (Å²) in [6.45, 7) is 1.02. The molecule has 0 amide bonds. The van der Waals surface area contributed by atoms with E-state index in [2.05, 4.69) is 77.7 Å². The number of fused-ring (bicyclic) bond motifs is 1. The normalized spacial score (nSPS) is 12.7. The Morgan fingerprint density at radius 2 is 1.81 bits per heavy atom. The Balaban J connectivity index is 2.02. The van der Waals surface area contributed by atoms with Crippen LogP contribution in [0.25, 0.3) is 10.9 Å². The lowest BCUT2D eigenvalue weighted by molar-refractivity contribution is 0.662. The van der Waals surface area contributed by atoms with E-state index in [1.807, 2.05) is 7.05 Å². The maximum Gasteiger partial charge on any atom is 0.0480 e. The molecule has 2 aromatic carbocycles. The molecule has 0 bridgehead atoms. The fourth-order valence-electron chi connectivity index (χ4n) is 3.00. The van der Waals surface area contributed by atoms with Gasteiger partial charge in [0.1, 0.15) is 0 Å². The number of nitrogens with one attached hydrogen (secondary N) is 1. The maximum absolute atomic E-state index is 3.28. The van der Waals surface area contributed by atoms with Crippen molar-refractivity contribution >= 4 is 10.9 Å². The quantitative estimate of drug-likeness (QED) is 0.748. The molecule has 1 N–H and O–H groups in total. The van der Waals surface area contributed by atoms with E-state index in [-0.39, 0.29) is 0 Å². The first-order chi connectivity index (χ1) is 10.3. The molecule has 0 aliphatic carbocycles.